The van der Waals surface area contributed by atoms with E-state index in [1.165, 1.54) is 26.1 Å². The van der Waals surface area contributed by atoms with Gasteiger partial charge in [0, 0.05) is 42.1 Å². The van der Waals surface area contributed by atoms with Gasteiger partial charge in [0.05, 0.1) is 0 Å². The van der Waals surface area contributed by atoms with Gasteiger partial charge in [-0.3, -0.25) is 0 Å². The number of fused-ring (bicyclic) bond motifs is 1. The molecule has 0 bridgehead atoms. The van der Waals surface area contributed by atoms with Crippen LogP contribution in [0.1, 0.15) is 11.1 Å². The van der Waals surface area contributed by atoms with E-state index in [0.717, 1.165) is 19.5 Å². The summed E-state index contributed by atoms with van der Waals surface area (Å²) in [7, 11) is 4.20. The Morgan fingerprint density at radius 1 is 1.05 bits per heavy atom. The van der Waals surface area contributed by atoms with Crippen LogP contribution >= 0.6 is 22.6 Å². The van der Waals surface area contributed by atoms with E-state index in [-0.39, 0.29) is 0 Å². The van der Waals surface area contributed by atoms with Crippen LogP contribution in [-0.4, -0.2) is 20.6 Å². The van der Waals surface area contributed by atoms with Crippen LogP contribution in [0.25, 0.3) is 0 Å². The molecule has 3 rings (SSSR count). The highest BCUT2D eigenvalue weighted by Gasteiger charge is 2.17. The molecule has 1 aliphatic heterocycles. The first kappa shape index (κ1) is 13.7. The largest absolute Gasteiger partial charge is 0.378 e. The zero-order valence-corrected chi connectivity index (χ0v) is 14.1. The lowest BCUT2D eigenvalue weighted by atomic mass is 9.99. The number of anilines is 2. The number of hydrogen-bond acceptors (Lipinski definition) is 2. The highest BCUT2D eigenvalue weighted by atomic mass is 127. The van der Waals surface area contributed by atoms with E-state index in [4.69, 9.17) is 0 Å². The van der Waals surface area contributed by atoms with Crippen LogP contribution in [0, 0.1) is 3.57 Å². The summed E-state index contributed by atoms with van der Waals surface area (Å²) >= 11 is 2.41. The molecule has 20 heavy (non-hydrogen) atoms. The molecule has 0 fully saturated rings. The third kappa shape index (κ3) is 2.77. The van der Waals surface area contributed by atoms with Crippen LogP contribution in [0.3, 0.4) is 0 Å². The first-order chi connectivity index (χ1) is 9.63. The van der Waals surface area contributed by atoms with Crippen molar-refractivity contribution in [2.75, 3.05) is 30.4 Å². The number of hydrogen-bond donors (Lipinski definition) is 0. The van der Waals surface area contributed by atoms with Gasteiger partial charge in [-0.05, 0) is 58.3 Å². The second-order valence-corrected chi connectivity index (χ2v) is 6.75. The maximum Gasteiger partial charge on any atom is 0.0432 e. The third-order valence-corrected chi connectivity index (χ3v) is 4.50. The van der Waals surface area contributed by atoms with E-state index in [1.54, 1.807) is 0 Å². The van der Waals surface area contributed by atoms with Crippen molar-refractivity contribution in [3.05, 3.63) is 57.2 Å². The number of benzene rings is 2. The van der Waals surface area contributed by atoms with Crippen LogP contribution in [0.2, 0.25) is 0 Å². The summed E-state index contributed by atoms with van der Waals surface area (Å²) in [6.07, 6.45) is 1.14. The van der Waals surface area contributed by atoms with Gasteiger partial charge in [0.1, 0.15) is 0 Å². The van der Waals surface area contributed by atoms with E-state index in [9.17, 15) is 0 Å². The Labute approximate surface area is 134 Å². The Kier molecular flexibility index (Phi) is 3.87. The van der Waals surface area contributed by atoms with Crippen molar-refractivity contribution in [2.45, 2.75) is 13.0 Å². The van der Waals surface area contributed by atoms with E-state index in [2.05, 4.69) is 89.0 Å². The van der Waals surface area contributed by atoms with Gasteiger partial charge in [-0.25, -0.2) is 0 Å². The molecular weight excluding hydrogens is 359 g/mol. The molecule has 2 aromatic rings. The highest BCUT2D eigenvalue weighted by molar-refractivity contribution is 14.1. The molecule has 2 nitrogen and oxygen atoms in total. The van der Waals surface area contributed by atoms with Crippen molar-refractivity contribution >= 4 is 34.0 Å². The van der Waals surface area contributed by atoms with Crippen molar-refractivity contribution in [1.82, 2.24) is 0 Å². The highest BCUT2D eigenvalue weighted by Crippen LogP contribution is 2.29. The van der Waals surface area contributed by atoms with Crippen LogP contribution in [0.4, 0.5) is 11.4 Å². The van der Waals surface area contributed by atoms with E-state index in [0.29, 0.717) is 0 Å². The quantitative estimate of drug-likeness (QED) is 0.731. The molecule has 0 aromatic heterocycles. The second kappa shape index (κ2) is 5.64. The fraction of sp³-hybridized carbons (Fsp3) is 0.294. The number of rotatable bonds is 2. The van der Waals surface area contributed by atoms with Crippen molar-refractivity contribution < 1.29 is 0 Å². The van der Waals surface area contributed by atoms with E-state index in [1.807, 2.05) is 0 Å². The molecule has 2 aromatic carbocycles. The van der Waals surface area contributed by atoms with Crippen LogP contribution in [0.5, 0.6) is 0 Å². The predicted octanol–water partition coefficient (Wildman–Crippen LogP) is 3.92. The molecule has 0 atom stereocenters. The van der Waals surface area contributed by atoms with Crippen molar-refractivity contribution in [1.29, 1.82) is 0 Å². The topological polar surface area (TPSA) is 6.48 Å². The van der Waals surface area contributed by atoms with Gasteiger partial charge in [-0.15, -0.1) is 0 Å². The molecule has 0 spiro atoms. The van der Waals surface area contributed by atoms with Crippen molar-refractivity contribution in [2.24, 2.45) is 0 Å². The molecule has 0 amide bonds. The minimum atomic E-state index is 1.02. The van der Waals surface area contributed by atoms with Crippen molar-refractivity contribution in [3.63, 3.8) is 0 Å². The van der Waals surface area contributed by atoms with E-state index >= 15 is 0 Å². The summed E-state index contributed by atoms with van der Waals surface area (Å²) in [4.78, 5) is 4.65. The van der Waals surface area contributed by atoms with Gasteiger partial charge in [0.15, 0.2) is 0 Å². The molecule has 1 aliphatic rings. The standard InChI is InChI=1S/C17H19IN2/c1-19(2)16-9-15(18)10-17(11-16)20-8-7-13-5-3-4-6-14(13)12-20/h3-6,9-11H,7-8,12H2,1-2H3. The molecular formula is C17H19IN2. The molecule has 0 N–H and O–H groups in total. The van der Waals surface area contributed by atoms with Gasteiger partial charge in [0.25, 0.3) is 0 Å². The number of nitrogens with zero attached hydrogens (tertiary/aromatic N) is 2. The lowest BCUT2D eigenvalue weighted by Gasteiger charge is -2.31. The lowest BCUT2D eigenvalue weighted by molar-refractivity contribution is 0.731. The van der Waals surface area contributed by atoms with Gasteiger partial charge < -0.3 is 9.80 Å². The number of halogens is 1. The minimum absolute atomic E-state index is 1.02. The summed E-state index contributed by atoms with van der Waals surface area (Å²) in [5.74, 6) is 0. The first-order valence-corrected chi connectivity index (χ1v) is 8.01. The van der Waals surface area contributed by atoms with Gasteiger partial charge >= 0.3 is 0 Å². The average molecular weight is 378 g/mol. The molecule has 3 heteroatoms. The Morgan fingerprint density at radius 2 is 1.80 bits per heavy atom. The summed E-state index contributed by atoms with van der Waals surface area (Å²) < 4.78 is 1.29. The van der Waals surface area contributed by atoms with Gasteiger partial charge in [-0.2, -0.15) is 0 Å². The molecule has 0 radical (unpaired) electrons. The first-order valence-electron chi connectivity index (χ1n) is 6.93. The third-order valence-electron chi connectivity index (χ3n) is 3.88. The Balaban J connectivity index is 1.91. The van der Waals surface area contributed by atoms with Crippen LogP contribution in [-0.2, 0) is 13.0 Å². The van der Waals surface area contributed by atoms with Crippen LogP contribution in [0.15, 0.2) is 42.5 Å². The normalized spacial score (nSPS) is 14.1. The zero-order valence-electron chi connectivity index (χ0n) is 11.9. The SMILES string of the molecule is CN(C)c1cc(I)cc(N2CCc3ccccc3C2)c1. The summed E-state index contributed by atoms with van der Waals surface area (Å²) in [5, 5.41) is 0. The monoisotopic (exact) mass is 378 g/mol. The van der Waals surface area contributed by atoms with Crippen molar-refractivity contribution in [3.8, 4) is 0 Å². The van der Waals surface area contributed by atoms with Gasteiger partial charge in [0.2, 0.25) is 0 Å². The summed E-state index contributed by atoms with van der Waals surface area (Å²) in [6.45, 7) is 2.12. The fourth-order valence-electron chi connectivity index (χ4n) is 2.72. The zero-order chi connectivity index (χ0) is 14.1. The molecule has 0 saturated carbocycles. The van der Waals surface area contributed by atoms with E-state index < -0.39 is 0 Å². The smallest absolute Gasteiger partial charge is 0.0432 e. The maximum absolute atomic E-state index is 2.48. The Morgan fingerprint density at radius 3 is 2.55 bits per heavy atom. The lowest BCUT2D eigenvalue weighted by Crippen LogP contribution is -2.30. The molecule has 1 heterocycles. The predicted molar refractivity (Wildman–Crippen MR) is 94.7 cm³/mol. The molecule has 0 unspecified atom stereocenters. The Bertz CT molecular complexity index is 622. The summed E-state index contributed by atoms with van der Waals surface area (Å²) in [6, 6.07) is 15.6. The molecule has 104 valence electrons. The van der Waals surface area contributed by atoms with Gasteiger partial charge in [-0.1, -0.05) is 24.3 Å². The molecule has 0 aliphatic carbocycles. The van der Waals surface area contributed by atoms with Crippen LogP contribution < -0.4 is 9.80 Å². The second-order valence-electron chi connectivity index (χ2n) is 5.50. The Hall–Kier alpha value is -1.23. The fourth-order valence-corrected chi connectivity index (χ4v) is 3.35. The molecule has 0 saturated heterocycles. The average Bonchev–Trinajstić information content (AvgIpc) is 2.46. The minimum Gasteiger partial charge on any atom is -0.378 e. The summed E-state index contributed by atoms with van der Waals surface area (Å²) in [5.41, 5.74) is 5.56. The maximum atomic E-state index is 2.48.